The molecule has 0 aliphatic heterocycles. The molecule has 0 unspecified atom stereocenters. The zero-order valence-electron chi connectivity index (χ0n) is 11.9. The van der Waals surface area contributed by atoms with Gasteiger partial charge in [0.2, 0.25) is 0 Å². The van der Waals surface area contributed by atoms with Crippen molar-refractivity contribution in [3.05, 3.63) is 72.3 Å². The highest BCUT2D eigenvalue weighted by atomic mass is 14.1. The molecule has 5 aromatic rings. The first kappa shape index (κ1) is 11.1. The van der Waals surface area contributed by atoms with Crippen molar-refractivity contribution in [3.63, 3.8) is 0 Å². The van der Waals surface area contributed by atoms with Crippen LogP contribution in [0.25, 0.3) is 43.1 Å². The summed E-state index contributed by atoms with van der Waals surface area (Å²) in [6, 6.07) is 24.5. The standard InChI is InChI=1S/C21H14/c1-13-4-2-7-16-12-17-9-8-14-5-3-6-15-10-11-18(19(13)16)21(17)20(14)15/h2-12H,1H3. The van der Waals surface area contributed by atoms with Crippen LogP contribution in [0.3, 0.4) is 0 Å². The molecule has 0 aliphatic carbocycles. The normalized spacial score (nSPS) is 12.0. The summed E-state index contributed by atoms with van der Waals surface area (Å²) in [4.78, 5) is 0. The third-order valence-corrected chi connectivity index (χ3v) is 4.69. The molecule has 0 heteroatoms. The molecular formula is C21H14. The fourth-order valence-corrected chi connectivity index (χ4v) is 3.78. The molecule has 0 radical (unpaired) electrons. The smallest absolute Gasteiger partial charge is 0.00203 e. The van der Waals surface area contributed by atoms with Crippen LogP contribution in [0.2, 0.25) is 0 Å². The maximum absolute atomic E-state index is 2.33. The molecule has 0 saturated heterocycles. The molecule has 0 fully saturated rings. The van der Waals surface area contributed by atoms with Gasteiger partial charge in [-0.25, -0.2) is 0 Å². The van der Waals surface area contributed by atoms with E-state index in [9.17, 15) is 0 Å². The first-order valence-electron chi connectivity index (χ1n) is 7.39. The summed E-state index contributed by atoms with van der Waals surface area (Å²) in [5.41, 5.74) is 1.35. The van der Waals surface area contributed by atoms with E-state index in [0.29, 0.717) is 0 Å². The van der Waals surface area contributed by atoms with Crippen molar-refractivity contribution in [2.45, 2.75) is 6.92 Å². The van der Waals surface area contributed by atoms with Gasteiger partial charge < -0.3 is 0 Å². The lowest BCUT2D eigenvalue weighted by atomic mass is 9.90. The Labute approximate surface area is 123 Å². The van der Waals surface area contributed by atoms with Crippen LogP contribution < -0.4 is 0 Å². The van der Waals surface area contributed by atoms with Gasteiger partial charge in [0, 0.05) is 0 Å². The fraction of sp³-hybridized carbons (Fsp3) is 0.0476. The second-order valence-corrected chi connectivity index (χ2v) is 5.91. The molecule has 0 saturated carbocycles. The lowest BCUT2D eigenvalue weighted by Crippen LogP contribution is -1.87. The SMILES string of the molecule is Cc1cccc2cc3ccc4cccc5ccc(c12)c3c45. The Morgan fingerprint density at radius 3 is 2.00 bits per heavy atom. The molecule has 0 aliphatic rings. The highest BCUT2D eigenvalue weighted by Gasteiger charge is 2.11. The highest BCUT2D eigenvalue weighted by molar-refractivity contribution is 6.29. The highest BCUT2D eigenvalue weighted by Crippen LogP contribution is 2.39. The van der Waals surface area contributed by atoms with E-state index in [4.69, 9.17) is 0 Å². The Kier molecular flexibility index (Phi) is 1.97. The molecule has 0 heterocycles. The second kappa shape index (κ2) is 3.73. The summed E-state index contributed by atoms with van der Waals surface area (Å²) in [6.07, 6.45) is 0. The van der Waals surface area contributed by atoms with Gasteiger partial charge in [0.15, 0.2) is 0 Å². The fourth-order valence-electron chi connectivity index (χ4n) is 3.78. The van der Waals surface area contributed by atoms with Gasteiger partial charge in [0.1, 0.15) is 0 Å². The lowest BCUT2D eigenvalue weighted by Gasteiger charge is -2.14. The van der Waals surface area contributed by atoms with E-state index in [-0.39, 0.29) is 0 Å². The third-order valence-electron chi connectivity index (χ3n) is 4.69. The summed E-state index contributed by atoms with van der Waals surface area (Å²) in [5, 5.41) is 10.9. The maximum Gasteiger partial charge on any atom is -0.00203 e. The van der Waals surface area contributed by atoms with Crippen molar-refractivity contribution in [1.82, 2.24) is 0 Å². The van der Waals surface area contributed by atoms with Crippen molar-refractivity contribution in [2.24, 2.45) is 0 Å². The number of fused-ring (bicyclic) bond motifs is 2. The summed E-state index contributed by atoms with van der Waals surface area (Å²) in [7, 11) is 0. The Morgan fingerprint density at radius 1 is 0.524 bits per heavy atom. The van der Waals surface area contributed by atoms with Crippen LogP contribution >= 0.6 is 0 Å². The van der Waals surface area contributed by atoms with E-state index < -0.39 is 0 Å². The molecule has 21 heavy (non-hydrogen) atoms. The van der Waals surface area contributed by atoms with Crippen LogP contribution in [0.15, 0.2) is 66.7 Å². The Hall–Kier alpha value is -2.60. The third kappa shape index (κ3) is 1.34. The molecule has 0 nitrogen and oxygen atoms in total. The first-order valence-corrected chi connectivity index (χ1v) is 7.39. The summed E-state index contributed by atoms with van der Waals surface area (Å²) in [5.74, 6) is 0. The molecule has 98 valence electrons. The number of benzene rings is 5. The second-order valence-electron chi connectivity index (χ2n) is 5.91. The van der Waals surface area contributed by atoms with Crippen LogP contribution in [0, 0.1) is 6.92 Å². The molecule has 0 spiro atoms. The minimum absolute atomic E-state index is 1.33. The van der Waals surface area contributed by atoms with Crippen molar-refractivity contribution >= 4 is 43.1 Å². The summed E-state index contributed by atoms with van der Waals surface area (Å²) >= 11 is 0. The Morgan fingerprint density at radius 2 is 1.14 bits per heavy atom. The van der Waals surface area contributed by atoms with E-state index in [1.165, 1.54) is 48.7 Å². The molecule has 0 N–H and O–H groups in total. The van der Waals surface area contributed by atoms with Crippen molar-refractivity contribution in [1.29, 1.82) is 0 Å². The monoisotopic (exact) mass is 266 g/mol. The predicted octanol–water partition coefficient (Wildman–Crippen LogP) is 6.05. The Balaban J connectivity index is 2.23. The van der Waals surface area contributed by atoms with Crippen molar-refractivity contribution < 1.29 is 0 Å². The first-order chi connectivity index (χ1) is 10.3. The molecular weight excluding hydrogens is 252 g/mol. The molecule has 0 aromatic heterocycles. The van der Waals surface area contributed by atoms with Crippen LogP contribution in [0.1, 0.15) is 5.56 Å². The van der Waals surface area contributed by atoms with E-state index >= 15 is 0 Å². The van der Waals surface area contributed by atoms with Gasteiger partial charge in [0.05, 0.1) is 0 Å². The number of rotatable bonds is 0. The van der Waals surface area contributed by atoms with Crippen LogP contribution in [0.4, 0.5) is 0 Å². The van der Waals surface area contributed by atoms with E-state index in [1.54, 1.807) is 0 Å². The van der Waals surface area contributed by atoms with Gasteiger partial charge in [-0.1, -0.05) is 60.7 Å². The molecule has 5 aromatic carbocycles. The number of hydrogen-bond donors (Lipinski definition) is 0. The largest absolute Gasteiger partial charge is 0.0614 e. The average molecular weight is 266 g/mol. The van der Waals surface area contributed by atoms with Gasteiger partial charge in [-0.3, -0.25) is 0 Å². The zero-order chi connectivity index (χ0) is 14.0. The minimum Gasteiger partial charge on any atom is -0.0614 e. The van der Waals surface area contributed by atoms with Gasteiger partial charge >= 0.3 is 0 Å². The minimum atomic E-state index is 1.33. The van der Waals surface area contributed by atoms with Gasteiger partial charge in [0.25, 0.3) is 0 Å². The predicted molar refractivity (Wildman–Crippen MR) is 92.4 cm³/mol. The van der Waals surface area contributed by atoms with Gasteiger partial charge in [-0.15, -0.1) is 0 Å². The van der Waals surface area contributed by atoms with Gasteiger partial charge in [-0.2, -0.15) is 0 Å². The summed E-state index contributed by atoms with van der Waals surface area (Å²) < 4.78 is 0. The Bertz CT molecular complexity index is 1120. The summed E-state index contributed by atoms with van der Waals surface area (Å²) in [6.45, 7) is 2.21. The van der Waals surface area contributed by atoms with E-state index in [2.05, 4.69) is 73.7 Å². The van der Waals surface area contributed by atoms with Crippen LogP contribution in [-0.4, -0.2) is 0 Å². The maximum atomic E-state index is 2.33. The number of hydrogen-bond acceptors (Lipinski definition) is 0. The topological polar surface area (TPSA) is 0 Å². The zero-order valence-corrected chi connectivity index (χ0v) is 11.9. The van der Waals surface area contributed by atoms with Gasteiger partial charge in [-0.05, 0) is 61.6 Å². The number of aryl methyl sites for hydroxylation is 1. The van der Waals surface area contributed by atoms with Crippen LogP contribution in [-0.2, 0) is 0 Å². The van der Waals surface area contributed by atoms with E-state index in [1.807, 2.05) is 0 Å². The van der Waals surface area contributed by atoms with E-state index in [0.717, 1.165) is 0 Å². The average Bonchev–Trinajstić information content (AvgIpc) is 2.52. The van der Waals surface area contributed by atoms with Crippen molar-refractivity contribution in [3.8, 4) is 0 Å². The van der Waals surface area contributed by atoms with Crippen molar-refractivity contribution in [2.75, 3.05) is 0 Å². The quantitative estimate of drug-likeness (QED) is 0.236. The molecule has 0 bridgehead atoms. The lowest BCUT2D eigenvalue weighted by molar-refractivity contribution is 1.55. The molecule has 5 rings (SSSR count). The van der Waals surface area contributed by atoms with Crippen LogP contribution in [0.5, 0.6) is 0 Å². The molecule has 0 amide bonds. The molecule has 0 atom stereocenters.